The van der Waals surface area contributed by atoms with E-state index in [2.05, 4.69) is 127 Å². The predicted molar refractivity (Wildman–Crippen MR) is 205 cm³/mol. The van der Waals surface area contributed by atoms with Crippen LogP contribution in [0.5, 0.6) is 11.5 Å². The van der Waals surface area contributed by atoms with Gasteiger partial charge in [0.25, 0.3) is 0 Å². The average Bonchev–Trinajstić information content (AvgIpc) is 3.56. The molecule has 0 saturated carbocycles. The molecule has 0 spiro atoms. The second kappa shape index (κ2) is 14.7. The van der Waals surface area contributed by atoms with Gasteiger partial charge in [0.15, 0.2) is 0 Å². The van der Waals surface area contributed by atoms with Crippen molar-refractivity contribution in [3.8, 4) is 22.6 Å². The lowest BCUT2D eigenvalue weighted by atomic mass is 9.87. The van der Waals surface area contributed by atoms with Crippen LogP contribution in [0.2, 0.25) is 0 Å². The summed E-state index contributed by atoms with van der Waals surface area (Å²) in [6.45, 7) is 8.32. The highest BCUT2D eigenvalue weighted by Gasteiger charge is 2.28. The molecule has 1 aliphatic rings. The number of para-hydroxylation sites is 1. The van der Waals surface area contributed by atoms with E-state index in [0.29, 0.717) is 0 Å². The van der Waals surface area contributed by atoms with Crippen molar-refractivity contribution in [2.24, 2.45) is 0 Å². The fourth-order valence-corrected chi connectivity index (χ4v) is 7.99. The minimum absolute atomic E-state index is 0.183. The number of hydrogen-bond acceptors (Lipinski definition) is 6. The van der Waals surface area contributed by atoms with Gasteiger partial charge in [0.2, 0.25) is 0 Å². The van der Waals surface area contributed by atoms with E-state index in [1.54, 1.807) is 25.6 Å². The second-order valence-corrected chi connectivity index (χ2v) is 13.6. The normalized spacial score (nSPS) is 14.2. The van der Waals surface area contributed by atoms with Crippen LogP contribution in [-0.2, 0) is 19.5 Å². The summed E-state index contributed by atoms with van der Waals surface area (Å²) in [5.74, 6) is 1.77. The van der Waals surface area contributed by atoms with Gasteiger partial charge in [0.1, 0.15) is 11.5 Å². The molecule has 0 saturated heterocycles. The lowest BCUT2D eigenvalue weighted by Crippen LogP contribution is -2.27. The fourth-order valence-electron chi connectivity index (χ4n) is 6.93. The number of fused-ring (bicyclic) bond motifs is 2. The summed E-state index contributed by atoms with van der Waals surface area (Å²) in [4.78, 5) is 10.1. The molecule has 6 aromatic rings. The molecular formula is C43H43N3O2S. The Bertz CT molecular complexity index is 2040. The Labute approximate surface area is 294 Å². The first kappa shape index (κ1) is 32.6. The number of methoxy groups -OCH3 is 2. The van der Waals surface area contributed by atoms with Crippen LogP contribution in [0.25, 0.3) is 27.0 Å². The molecule has 1 unspecified atom stereocenters. The standard InChI is InChI=1S/C43H43N3O2S/c1-5-45(6-2)28-31-19-21-32(22-20-31)38-25-34(35-15-10-11-16-37(35)46(38)29-30-13-8-7-9-14-30)27-42-44-36-24-23-33(26-41(36)49-42)43-39(47-3)17-12-18-40(43)48-4/h7-26,34H,5-6,27-29H2,1-4H3. The summed E-state index contributed by atoms with van der Waals surface area (Å²) in [6, 6.07) is 41.2. The van der Waals surface area contributed by atoms with Crippen molar-refractivity contribution in [1.82, 2.24) is 9.88 Å². The third kappa shape index (κ3) is 6.85. The van der Waals surface area contributed by atoms with E-state index in [-0.39, 0.29) is 5.92 Å². The topological polar surface area (TPSA) is 37.8 Å². The molecule has 5 nitrogen and oxygen atoms in total. The number of aromatic nitrogens is 1. The quantitative estimate of drug-likeness (QED) is 0.130. The van der Waals surface area contributed by atoms with Crippen LogP contribution < -0.4 is 14.4 Å². The van der Waals surface area contributed by atoms with Crippen molar-refractivity contribution in [2.45, 2.75) is 39.3 Å². The molecule has 0 fully saturated rings. The summed E-state index contributed by atoms with van der Waals surface area (Å²) < 4.78 is 12.6. The van der Waals surface area contributed by atoms with Crippen LogP contribution in [0.3, 0.4) is 0 Å². The average molecular weight is 666 g/mol. The molecule has 2 heterocycles. The lowest BCUT2D eigenvalue weighted by molar-refractivity contribution is 0.296. The van der Waals surface area contributed by atoms with E-state index in [1.807, 2.05) is 18.2 Å². The molecule has 1 atom stereocenters. The number of thiazole rings is 1. The number of nitrogens with zero attached hydrogens (tertiary/aromatic N) is 3. The third-order valence-corrected chi connectivity index (χ3v) is 10.6. The van der Waals surface area contributed by atoms with Gasteiger partial charge in [-0.05, 0) is 71.2 Å². The molecule has 1 aliphatic heterocycles. The maximum absolute atomic E-state index is 5.71. The van der Waals surface area contributed by atoms with Gasteiger partial charge in [-0.2, -0.15) is 0 Å². The van der Waals surface area contributed by atoms with Gasteiger partial charge in [0, 0.05) is 36.8 Å². The summed E-state index contributed by atoms with van der Waals surface area (Å²) >= 11 is 1.77. The van der Waals surface area contributed by atoms with Gasteiger partial charge >= 0.3 is 0 Å². The van der Waals surface area contributed by atoms with Crippen LogP contribution in [-0.4, -0.2) is 37.2 Å². The first-order valence-corrected chi connectivity index (χ1v) is 17.9. The Morgan fingerprint density at radius 1 is 0.735 bits per heavy atom. The van der Waals surface area contributed by atoms with Crippen molar-refractivity contribution in [3.63, 3.8) is 0 Å². The summed E-state index contributed by atoms with van der Waals surface area (Å²) in [7, 11) is 3.40. The largest absolute Gasteiger partial charge is 0.496 e. The van der Waals surface area contributed by atoms with E-state index in [4.69, 9.17) is 14.5 Å². The number of rotatable bonds is 12. The Morgan fingerprint density at radius 3 is 2.14 bits per heavy atom. The van der Waals surface area contributed by atoms with Gasteiger partial charge in [-0.1, -0.05) is 105 Å². The number of hydrogen-bond donors (Lipinski definition) is 0. The maximum atomic E-state index is 5.71. The van der Waals surface area contributed by atoms with Crippen molar-refractivity contribution < 1.29 is 9.47 Å². The molecule has 0 N–H and O–H groups in total. The Morgan fingerprint density at radius 2 is 1.43 bits per heavy atom. The molecule has 0 radical (unpaired) electrons. The van der Waals surface area contributed by atoms with Crippen LogP contribution >= 0.6 is 11.3 Å². The zero-order chi connectivity index (χ0) is 33.7. The molecule has 0 bridgehead atoms. The first-order valence-electron chi connectivity index (χ1n) is 17.1. The van der Waals surface area contributed by atoms with Crippen molar-refractivity contribution >= 4 is 32.9 Å². The number of ether oxygens (including phenoxy) is 2. The predicted octanol–water partition coefficient (Wildman–Crippen LogP) is 10.2. The zero-order valence-corrected chi connectivity index (χ0v) is 29.5. The molecular weight excluding hydrogens is 623 g/mol. The van der Waals surface area contributed by atoms with Crippen LogP contribution in [0.4, 0.5) is 5.69 Å². The Hall–Kier alpha value is -4.91. The fraction of sp³-hybridized carbons (Fsp3) is 0.233. The van der Waals surface area contributed by atoms with Crippen LogP contribution in [0.15, 0.2) is 121 Å². The van der Waals surface area contributed by atoms with E-state index in [0.717, 1.165) is 70.5 Å². The van der Waals surface area contributed by atoms with Gasteiger partial charge in [-0.3, -0.25) is 4.90 Å². The highest BCUT2D eigenvalue weighted by Crippen LogP contribution is 2.44. The molecule has 0 aliphatic carbocycles. The van der Waals surface area contributed by atoms with E-state index < -0.39 is 0 Å². The van der Waals surface area contributed by atoms with E-state index >= 15 is 0 Å². The number of benzene rings is 5. The molecule has 6 heteroatoms. The third-order valence-electron chi connectivity index (χ3n) is 9.55. The van der Waals surface area contributed by atoms with Gasteiger partial charge < -0.3 is 14.4 Å². The Balaban J connectivity index is 1.26. The van der Waals surface area contributed by atoms with Crippen molar-refractivity contribution in [2.75, 3.05) is 32.2 Å². The smallest absolute Gasteiger partial charge is 0.130 e. The SMILES string of the molecule is CCN(CC)Cc1ccc(C2=CC(Cc3nc4ccc(-c5c(OC)cccc5OC)cc4s3)c3ccccc3N2Cc2ccccc2)cc1. The molecule has 0 amide bonds. The van der Waals surface area contributed by atoms with E-state index in [1.165, 1.54) is 33.6 Å². The monoisotopic (exact) mass is 665 g/mol. The van der Waals surface area contributed by atoms with Crippen molar-refractivity contribution in [1.29, 1.82) is 0 Å². The molecule has 1 aromatic heterocycles. The molecule has 5 aromatic carbocycles. The van der Waals surface area contributed by atoms with E-state index in [9.17, 15) is 0 Å². The lowest BCUT2D eigenvalue weighted by Gasteiger charge is -2.36. The molecule has 248 valence electrons. The second-order valence-electron chi connectivity index (χ2n) is 12.5. The first-order chi connectivity index (χ1) is 24.1. The van der Waals surface area contributed by atoms with Crippen LogP contribution in [0.1, 0.15) is 47.0 Å². The van der Waals surface area contributed by atoms with Crippen LogP contribution in [0, 0.1) is 0 Å². The van der Waals surface area contributed by atoms with Crippen molar-refractivity contribution in [3.05, 3.63) is 149 Å². The molecule has 49 heavy (non-hydrogen) atoms. The Kier molecular flexibility index (Phi) is 9.78. The summed E-state index contributed by atoms with van der Waals surface area (Å²) in [5.41, 5.74) is 10.7. The summed E-state index contributed by atoms with van der Waals surface area (Å²) in [5, 5.41) is 1.13. The highest BCUT2D eigenvalue weighted by molar-refractivity contribution is 7.18. The van der Waals surface area contributed by atoms with Gasteiger partial charge in [-0.25, -0.2) is 4.98 Å². The molecule has 7 rings (SSSR count). The maximum Gasteiger partial charge on any atom is 0.130 e. The minimum atomic E-state index is 0.183. The number of allylic oxidation sites excluding steroid dienone is 1. The highest BCUT2D eigenvalue weighted by atomic mass is 32.1. The van der Waals surface area contributed by atoms with Gasteiger partial charge in [0.05, 0.1) is 35.0 Å². The van der Waals surface area contributed by atoms with Gasteiger partial charge in [-0.15, -0.1) is 11.3 Å². The zero-order valence-electron chi connectivity index (χ0n) is 28.7. The number of anilines is 1. The minimum Gasteiger partial charge on any atom is -0.496 e. The summed E-state index contributed by atoms with van der Waals surface area (Å²) in [6.07, 6.45) is 3.30.